The Hall–Kier alpha value is -0.220. The molecule has 1 aliphatic carbocycles. The minimum atomic E-state index is 0.0349. The molecule has 1 saturated carbocycles. The zero-order valence-electron chi connectivity index (χ0n) is 11.3. The molecule has 2 rings (SSSR count). The third-order valence-corrected chi connectivity index (χ3v) is 5.75. The molecule has 3 unspecified atom stereocenters. The van der Waals surface area contributed by atoms with E-state index in [1.54, 1.807) is 0 Å². The number of thioether (sulfide) groups is 1. The molecule has 98 valence electrons. The molecule has 1 N–H and O–H groups in total. The Balaban J connectivity index is 2.01. The predicted octanol–water partition coefficient (Wildman–Crippen LogP) is 2.07. The summed E-state index contributed by atoms with van der Waals surface area (Å²) < 4.78 is 0.371. The standard InChI is InChI=1S/C13H24N2OS/c1-5-9(2)11-12(16)15(10(3)14-11)8-13(17-4)6-7-13/h9-11,14H,5-8H2,1-4H3. The SMILES string of the molecule is CCC(C)C1NC(C)N(CC2(SC)CC2)C1=O. The summed E-state index contributed by atoms with van der Waals surface area (Å²) >= 11 is 1.92. The van der Waals surface area contributed by atoms with Crippen LogP contribution < -0.4 is 5.32 Å². The average molecular weight is 256 g/mol. The second-order valence-electron chi connectivity index (χ2n) is 5.56. The zero-order valence-corrected chi connectivity index (χ0v) is 12.1. The molecule has 3 nitrogen and oxygen atoms in total. The van der Waals surface area contributed by atoms with Gasteiger partial charge in [0.25, 0.3) is 0 Å². The third-order valence-electron chi connectivity index (χ3n) is 4.35. The summed E-state index contributed by atoms with van der Waals surface area (Å²) in [6.45, 7) is 7.34. The normalized spacial score (nSPS) is 32.9. The molecular formula is C13H24N2OS. The summed E-state index contributed by atoms with van der Waals surface area (Å²) in [6, 6.07) is 0.0349. The fraction of sp³-hybridized carbons (Fsp3) is 0.923. The van der Waals surface area contributed by atoms with E-state index >= 15 is 0 Å². The molecule has 17 heavy (non-hydrogen) atoms. The fourth-order valence-electron chi connectivity index (χ4n) is 2.53. The van der Waals surface area contributed by atoms with Gasteiger partial charge in [0.1, 0.15) is 0 Å². The molecule has 0 bridgehead atoms. The van der Waals surface area contributed by atoms with E-state index in [0.717, 1.165) is 13.0 Å². The minimum Gasteiger partial charge on any atom is -0.325 e. The number of carbonyl (C=O) groups is 1. The summed E-state index contributed by atoms with van der Waals surface area (Å²) in [7, 11) is 0. The molecule has 0 aromatic carbocycles. The smallest absolute Gasteiger partial charge is 0.241 e. The Labute approximate surface area is 109 Å². The molecule has 0 aromatic heterocycles. The highest BCUT2D eigenvalue weighted by Crippen LogP contribution is 2.48. The molecule has 3 atom stereocenters. The van der Waals surface area contributed by atoms with Crippen molar-refractivity contribution in [3.8, 4) is 0 Å². The van der Waals surface area contributed by atoms with Crippen molar-refractivity contribution in [1.29, 1.82) is 0 Å². The Kier molecular flexibility index (Phi) is 3.74. The van der Waals surface area contributed by atoms with E-state index in [0.29, 0.717) is 16.6 Å². The number of carbonyl (C=O) groups excluding carboxylic acids is 1. The Morgan fingerprint density at radius 1 is 1.59 bits per heavy atom. The second-order valence-corrected chi connectivity index (χ2v) is 6.83. The summed E-state index contributed by atoms with van der Waals surface area (Å²) in [5, 5.41) is 3.45. The number of hydrogen-bond donors (Lipinski definition) is 1. The van der Waals surface area contributed by atoms with Crippen LogP contribution in [0.2, 0.25) is 0 Å². The first-order valence-electron chi connectivity index (χ1n) is 6.64. The minimum absolute atomic E-state index is 0.0349. The third kappa shape index (κ3) is 2.48. The maximum atomic E-state index is 12.4. The van der Waals surface area contributed by atoms with Crippen LogP contribution in [-0.4, -0.2) is 40.6 Å². The van der Waals surface area contributed by atoms with Crippen molar-refractivity contribution in [2.24, 2.45) is 5.92 Å². The van der Waals surface area contributed by atoms with Crippen LogP contribution in [0.1, 0.15) is 40.0 Å². The van der Waals surface area contributed by atoms with Crippen molar-refractivity contribution >= 4 is 17.7 Å². The van der Waals surface area contributed by atoms with Crippen molar-refractivity contribution in [2.45, 2.75) is 57.0 Å². The summed E-state index contributed by atoms with van der Waals surface area (Å²) in [4.78, 5) is 14.4. The van der Waals surface area contributed by atoms with Crippen LogP contribution in [0.25, 0.3) is 0 Å². The Morgan fingerprint density at radius 3 is 2.71 bits per heavy atom. The van der Waals surface area contributed by atoms with Gasteiger partial charge in [0.05, 0.1) is 12.2 Å². The molecule has 1 saturated heterocycles. The number of rotatable bonds is 5. The first-order chi connectivity index (χ1) is 8.03. The fourth-order valence-corrected chi connectivity index (χ4v) is 3.30. The number of amides is 1. The first-order valence-corrected chi connectivity index (χ1v) is 7.87. The van der Waals surface area contributed by atoms with Crippen LogP contribution in [0.3, 0.4) is 0 Å². The number of hydrogen-bond acceptors (Lipinski definition) is 3. The van der Waals surface area contributed by atoms with E-state index in [9.17, 15) is 4.79 Å². The van der Waals surface area contributed by atoms with Gasteiger partial charge in [0.2, 0.25) is 5.91 Å². The molecule has 0 radical (unpaired) electrons. The highest BCUT2D eigenvalue weighted by molar-refractivity contribution is 8.00. The molecule has 4 heteroatoms. The van der Waals surface area contributed by atoms with Gasteiger partial charge in [-0.15, -0.1) is 0 Å². The van der Waals surface area contributed by atoms with Crippen LogP contribution in [0.5, 0.6) is 0 Å². The maximum absolute atomic E-state index is 12.4. The lowest BCUT2D eigenvalue weighted by Crippen LogP contribution is -2.40. The highest BCUT2D eigenvalue weighted by Gasteiger charge is 2.48. The van der Waals surface area contributed by atoms with E-state index in [4.69, 9.17) is 0 Å². The molecule has 2 fully saturated rings. The average Bonchev–Trinajstić information content (AvgIpc) is 3.06. The van der Waals surface area contributed by atoms with Gasteiger partial charge in [-0.3, -0.25) is 10.1 Å². The Bertz CT molecular complexity index is 304. The monoisotopic (exact) mass is 256 g/mol. The molecule has 0 aromatic rings. The van der Waals surface area contributed by atoms with Crippen LogP contribution in [-0.2, 0) is 4.79 Å². The van der Waals surface area contributed by atoms with Crippen molar-refractivity contribution in [3.05, 3.63) is 0 Å². The Morgan fingerprint density at radius 2 is 2.24 bits per heavy atom. The highest BCUT2D eigenvalue weighted by atomic mass is 32.2. The van der Waals surface area contributed by atoms with Gasteiger partial charge in [-0.05, 0) is 31.9 Å². The lowest BCUT2D eigenvalue weighted by Gasteiger charge is -2.25. The van der Waals surface area contributed by atoms with Gasteiger partial charge in [0.15, 0.2) is 0 Å². The number of nitrogens with one attached hydrogen (secondary N) is 1. The van der Waals surface area contributed by atoms with E-state index in [1.807, 2.05) is 11.8 Å². The van der Waals surface area contributed by atoms with Crippen LogP contribution in [0.15, 0.2) is 0 Å². The van der Waals surface area contributed by atoms with Crippen LogP contribution >= 0.6 is 11.8 Å². The maximum Gasteiger partial charge on any atom is 0.241 e. The van der Waals surface area contributed by atoms with E-state index in [1.165, 1.54) is 12.8 Å². The van der Waals surface area contributed by atoms with Crippen molar-refractivity contribution in [2.75, 3.05) is 12.8 Å². The molecule has 1 heterocycles. The van der Waals surface area contributed by atoms with Gasteiger partial charge in [-0.25, -0.2) is 0 Å². The van der Waals surface area contributed by atoms with Crippen molar-refractivity contribution in [1.82, 2.24) is 10.2 Å². The summed E-state index contributed by atoms with van der Waals surface area (Å²) in [6.07, 6.45) is 5.94. The predicted molar refractivity (Wildman–Crippen MR) is 73.0 cm³/mol. The molecule has 2 aliphatic rings. The van der Waals surface area contributed by atoms with Crippen LogP contribution in [0, 0.1) is 5.92 Å². The van der Waals surface area contributed by atoms with E-state index in [2.05, 4.69) is 37.2 Å². The van der Waals surface area contributed by atoms with Crippen molar-refractivity contribution < 1.29 is 4.79 Å². The molecule has 1 aliphatic heterocycles. The quantitative estimate of drug-likeness (QED) is 0.817. The second kappa shape index (κ2) is 4.81. The topological polar surface area (TPSA) is 32.3 Å². The van der Waals surface area contributed by atoms with Gasteiger partial charge >= 0.3 is 0 Å². The van der Waals surface area contributed by atoms with E-state index in [-0.39, 0.29) is 12.2 Å². The van der Waals surface area contributed by atoms with Crippen LogP contribution in [0.4, 0.5) is 0 Å². The lowest BCUT2D eigenvalue weighted by molar-refractivity contribution is -0.130. The van der Waals surface area contributed by atoms with Crippen molar-refractivity contribution in [3.63, 3.8) is 0 Å². The van der Waals surface area contributed by atoms with Gasteiger partial charge in [-0.1, -0.05) is 20.3 Å². The molecule has 0 spiro atoms. The lowest BCUT2D eigenvalue weighted by atomic mass is 9.99. The summed E-state index contributed by atoms with van der Waals surface area (Å²) in [5.41, 5.74) is 0. The molecule has 1 amide bonds. The molecular weight excluding hydrogens is 232 g/mol. The zero-order chi connectivity index (χ0) is 12.6. The van der Waals surface area contributed by atoms with E-state index < -0.39 is 0 Å². The largest absolute Gasteiger partial charge is 0.325 e. The summed E-state index contributed by atoms with van der Waals surface area (Å²) in [5.74, 6) is 0.742. The van der Waals surface area contributed by atoms with Gasteiger partial charge in [-0.2, -0.15) is 11.8 Å². The van der Waals surface area contributed by atoms with Gasteiger partial charge in [0, 0.05) is 11.3 Å². The number of nitrogens with zero attached hydrogens (tertiary/aromatic N) is 1. The first kappa shape index (κ1) is 13.2. The van der Waals surface area contributed by atoms with Gasteiger partial charge < -0.3 is 4.90 Å².